The number of hydrogen-bond donors (Lipinski definition) is 1. The highest BCUT2D eigenvalue weighted by molar-refractivity contribution is 9.10. The van der Waals surface area contributed by atoms with Crippen molar-refractivity contribution in [3.05, 3.63) is 60.3 Å². The fourth-order valence-corrected chi connectivity index (χ4v) is 2.37. The van der Waals surface area contributed by atoms with E-state index in [1.165, 1.54) is 17.8 Å². The van der Waals surface area contributed by atoms with Crippen molar-refractivity contribution in [2.45, 2.75) is 6.54 Å². The second kappa shape index (κ2) is 5.85. The summed E-state index contributed by atoms with van der Waals surface area (Å²) in [6.45, 7) is 0.289. The van der Waals surface area contributed by atoms with E-state index in [9.17, 15) is 9.59 Å². The molecule has 0 aliphatic rings. The fourth-order valence-electron chi connectivity index (χ4n) is 1.83. The van der Waals surface area contributed by atoms with E-state index in [1.807, 2.05) is 12.1 Å². The van der Waals surface area contributed by atoms with Gasteiger partial charge in [0.2, 0.25) is 0 Å². The van der Waals surface area contributed by atoms with E-state index < -0.39 is 0 Å². The van der Waals surface area contributed by atoms with Gasteiger partial charge in [-0.05, 0) is 18.2 Å². The SMILES string of the molecule is Cn1cc(CNc2cc(Br)ccc2Cl)c(=O)n(C)c1=O. The number of nitrogens with zero attached hydrogens (tertiary/aromatic N) is 2. The minimum Gasteiger partial charge on any atom is -0.379 e. The molecule has 0 bridgehead atoms. The van der Waals surface area contributed by atoms with Crippen molar-refractivity contribution in [2.75, 3.05) is 5.32 Å². The van der Waals surface area contributed by atoms with Gasteiger partial charge in [-0.15, -0.1) is 0 Å². The molecule has 0 saturated heterocycles. The van der Waals surface area contributed by atoms with Gasteiger partial charge in [-0.2, -0.15) is 0 Å². The number of benzene rings is 1. The zero-order chi connectivity index (χ0) is 14.9. The van der Waals surface area contributed by atoms with Gasteiger partial charge in [-0.3, -0.25) is 9.36 Å². The Morgan fingerprint density at radius 3 is 2.70 bits per heavy atom. The lowest BCUT2D eigenvalue weighted by Gasteiger charge is -2.10. The summed E-state index contributed by atoms with van der Waals surface area (Å²) in [5, 5.41) is 3.66. The number of rotatable bonds is 3. The minimum absolute atomic E-state index is 0.289. The third-order valence-corrected chi connectivity index (χ3v) is 3.74. The van der Waals surface area contributed by atoms with Gasteiger partial charge in [0.25, 0.3) is 5.56 Å². The predicted molar refractivity (Wildman–Crippen MR) is 83.4 cm³/mol. The molecule has 1 N–H and O–H groups in total. The number of anilines is 1. The number of aryl methyl sites for hydroxylation is 1. The smallest absolute Gasteiger partial charge is 0.330 e. The highest BCUT2D eigenvalue weighted by Gasteiger charge is 2.07. The summed E-state index contributed by atoms with van der Waals surface area (Å²) in [6, 6.07) is 5.42. The van der Waals surface area contributed by atoms with E-state index >= 15 is 0 Å². The molecule has 0 fully saturated rings. The van der Waals surface area contributed by atoms with Gasteiger partial charge in [0.1, 0.15) is 0 Å². The maximum atomic E-state index is 12.0. The zero-order valence-corrected chi connectivity index (χ0v) is 13.3. The van der Waals surface area contributed by atoms with Crippen LogP contribution >= 0.6 is 27.5 Å². The van der Waals surface area contributed by atoms with E-state index in [-0.39, 0.29) is 17.8 Å². The Bertz CT molecular complexity index is 767. The maximum Gasteiger partial charge on any atom is 0.330 e. The van der Waals surface area contributed by atoms with Crippen LogP contribution in [0, 0.1) is 0 Å². The first-order valence-electron chi connectivity index (χ1n) is 5.84. The van der Waals surface area contributed by atoms with Crippen LogP contribution in [0.1, 0.15) is 5.56 Å². The summed E-state index contributed by atoms with van der Waals surface area (Å²) in [4.78, 5) is 23.6. The van der Waals surface area contributed by atoms with Gasteiger partial charge in [-0.1, -0.05) is 27.5 Å². The summed E-state index contributed by atoms with van der Waals surface area (Å²) in [5.74, 6) is 0. The molecule has 0 aliphatic carbocycles. The first-order chi connectivity index (χ1) is 9.40. The third-order valence-electron chi connectivity index (χ3n) is 2.92. The first-order valence-corrected chi connectivity index (χ1v) is 7.01. The van der Waals surface area contributed by atoms with Crippen molar-refractivity contribution in [3.8, 4) is 0 Å². The van der Waals surface area contributed by atoms with Crippen LogP contribution in [0.25, 0.3) is 0 Å². The molecular weight excluding hydrogens is 346 g/mol. The highest BCUT2D eigenvalue weighted by Crippen LogP contribution is 2.25. The van der Waals surface area contributed by atoms with E-state index in [4.69, 9.17) is 11.6 Å². The summed E-state index contributed by atoms with van der Waals surface area (Å²) in [5.41, 5.74) is 0.550. The summed E-state index contributed by atoms with van der Waals surface area (Å²) in [7, 11) is 3.07. The topological polar surface area (TPSA) is 56.0 Å². The van der Waals surface area contributed by atoms with Crippen molar-refractivity contribution >= 4 is 33.2 Å². The molecule has 2 rings (SSSR count). The molecule has 1 aromatic carbocycles. The second-order valence-corrected chi connectivity index (χ2v) is 5.71. The lowest BCUT2D eigenvalue weighted by atomic mass is 10.3. The molecule has 2 aromatic rings. The standard InChI is InChI=1S/C13H13BrClN3O2/c1-17-7-8(12(19)18(2)13(17)20)6-16-11-5-9(14)3-4-10(11)15/h3-5,7,16H,6H2,1-2H3. The molecule has 0 spiro atoms. The molecule has 0 atom stereocenters. The molecule has 0 radical (unpaired) electrons. The predicted octanol–water partition coefficient (Wildman–Crippen LogP) is 2.11. The van der Waals surface area contributed by atoms with Crippen molar-refractivity contribution in [2.24, 2.45) is 14.1 Å². The molecule has 20 heavy (non-hydrogen) atoms. The quantitative estimate of drug-likeness (QED) is 0.914. The monoisotopic (exact) mass is 357 g/mol. The van der Waals surface area contributed by atoms with Crippen LogP contribution in [0.5, 0.6) is 0 Å². The summed E-state index contributed by atoms with van der Waals surface area (Å²) in [6.07, 6.45) is 1.53. The molecule has 0 saturated carbocycles. The van der Waals surface area contributed by atoms with E-state index in [2.05, 4.69) is 21.2 Å². The first kappa shape index (κ1) is 14.9. The van der Waals surface area contributed by atoms with Crippen molar-refractivity contribution in [3.63, 3.8) is 0 Å². The van der Waals surface area contributed by atoms with Crippen LogP contribution in [0.15, 0.2) is 38.5 Å². The maximum absolute atomic E-state index is 12.0. The van der Waals surface area contributed by atoms with Gasteiger partial charge >= 0.3 is 5.69 Å². The molecular formula is C13H13BrClN3O2. The molecule has 7 heteroatoms. The van der Waals surface area contributed by atoms with E-state index in [1.54, 1.807) is 13.1 Å². The van der Waals surface area contributed by atoms with Crippen LogP contribution in [-0.2, 0) is 20.6 Å². The number of halogens is 2. The minimum atomic E-state index is -0.348. The van der Waals surface area contributed by atoms with Crippen molar-refractivity contribution in [1.29, 1.82) is 0 Å². The summed E-state index contributed by atoms with van der Waals surface area (Å²) < 4.78 is 3.35. The Balaban J connectivity index is 2.30. The highest BCUT2D eigenvalue weighted by atomic mass is 79.9. The summed E-state index contributed by atoms with van der Waals surface area (Å²) >= 11 is 9.43. The molecule has 1 heterocycles. The van der Waals surface area contributed by atoms with E-state index in [0.29, 0.717) is 10.6 Å². The van der Waals surface area contributed by atoms with Gasteiger partial charge in [0, 0.05) is 31.3 Å². The largest absolute Gasteiger partial charge is 0.379 e. The second-order valence-electron chi connectivity index (χ2n) is 4.39. The molecule has 0 aliphatic heterocycles. The fraction of sp³-hybridized carbons (Fsp3) is 0.231. The third kappa shape index (κ3) is 2.96. The molecule has 106 valence electrons. The van der Waals surface area contributed by atoms with Crippen molar-refractivity contribution < 1.29 is 0 Å². The average Bonchev–Trinajstić information content (AvgIpc) is 2.42. The van der Waals surface area contributed by atoms with Gasteiger partial charge < -0.3 is 9.88 Å². The number of nitrogens with one attached hydrogen (secondary N) is 1. The molecule has 1 aromatic heterocycles. The molecule has 0 unspecified atom stereocenters. The number of hydrogen-bond acceptors (Lipinski definition) is 3. The van der Waals surface area contributed by atoms with E-state index in [0.717, 1.165) is 14.7 Å². The van der Waals surface area contributed by atoms with Crippen molar-refractivity contribution in [1.82, 2.24) is 9.13 Å². The van der Waals surface area contributed by atoms with Crippen LogP contribution in [-0.4, -0.2) is 9.13 Å². The lowest BCUT2D eigenvalue weighted by Crippen LogP contribution is -2.38. The normalized spacial score (nSPS) is 10.6. The Morgan fingerprint density at radius 1 is 1.30 bits per heavy atom. The van der Waals surface area contributed by atoms with Gasteiger partial charge in [0.15, 0.2) is 0 Å². The Morgan fingerprint density at radius 2 is 2.00 bits per heavy atom. The molecule has 5 nitrogen and oxygen atoms in total. The van der Waals surface area contributed by atoms with Crippen LogP contribution in [0.3, 0.4) is 0 Å². The zero-order valence-electron chi connectivity index (χ0n) is 11.0. The van der Waals surface area contributed by atoms with Crippen LogP contribution in [0.4, 0.5) is 5.69 Å². The lowest BCUT2D eigenvalue weighted by molar-refractivity contribution is 0.671. The van der Waals surface area contributed by atoms with Crippen LogP contribution in [0.2, 0.25) is 5.02 Å². The Labute approximate surface area is 128 Å². The Hall–Kier alpha value is -1.53. The molecule has 0 amide bonds. The van der Waals surface area contributed by atoms with Crippen LogP contribution < -0.4 is 16.6 Å². The Kier molecular flexibility index (Phi) is 4.35. The van der Waals surface area contributed by atoms with Gasteiger partial charge in [0.05, 0.1) is 16.3 Å². The number of aromatic nitrogens is 2. The average molecular weight is 359 g/mol. The van der Waals surface area contributed by atoms with Gasteiger partial charge in [-0.25, -0.2) is 4.79 Å².